The van der Waals surface area contributed by atoms with Gasteiger partial charge in [0.15, 0.2) is 5.96 Å². The lowest BCUT2D eigenvalue weighted by Crippen LogP contribution is -2.50. The maximum absolute atomic E-state index is 12.6. The van der Waals surface area contributed by atoms with Crippen LogP contribution in [0.5, 0.6) is 0 Å². The lowest BCUT2D eigenvalue weighted by atomic mass is 10.1. The molecule has 3 fully saturated rings. The number of carbonyl (C=O) groups excluding carboxylic acids is 1. The Bertz CT molecular complexity index is 534. The molecule has 7 nitrogen and oxygen atoms in total. The van der Waals surface area contributed by atoms with Crippen LogP contribution in [0.3, 0.4) is 0 Å². The fourth-order valence-corrected chi connectivity index (χ4v) is 4.79. The second-order valence-electron chi connectivity index (χ2n) is 8.64. The zero-order chi connectivity index (χ0) is 20.5. The smallest absolute Gasteiger partial charge is 0.225 e. The van der Waals surface area contributed by atoms with Crippen molar-refractivity contribution < 1.29 is 9.53 Å². The molecule has 1 N–H and O–H groups in total. The van der Waals surface area contributed by atoms with Gasteiger partial charge in [-0.3, -0.25) is 14.7 Å². The van der Waals surface area contributed by atoms with E-state index in [1.54, 1.807) is 0 Å². The van der Waals surface area contributed by atoms with Gasteiger partial charge in [-0.2, -0.15) is 0 Å². The summed E-state index contributed by atoms with van der Waals surface area (Å²) in [4.78, 5) is 24.4. The van der Waals surface area contributed by atoms with Crippen molar-refractivity contribution in [1.29, 1.82) is 0 Å². The second-order valence-corrected chi connectivity index (χ2v) is 8.64. The number of carbonyl (C=O) groups is 1. The predicted octanol–water partition coefficient (Wildman–Crippen LogP) is 2.26. The Morgan fingerprint density at radius 1 is 1.03 bits per heavy atom. The quantitative estimate of drug-likeness (QED) is 0.294. The zero-order valence-electron chi connectivity index (χ0n) is 19.0. The third-order valence-electron chi connectivity index (χ3n) is 6.54. The zero-order valence-corrected chi connectivity index (χ0v) is 21.3. The first-order valence-electron chi connectivity index (χ1n) is 11.8. The Morgan fingerprint density at radius 2 is 1.77 bits per heavy atom. The van der Waals surface area contributed by atoms with Crippen LogP contribution in [0, 0.1) is 11.8 Å². The molecule has 1 amide bonds. The predicted molar refractivity (Wildman–Crippen MR) is 133 cm³/mol. The van der Waals surface area contributed by atoms with Gasteiger partial charge in [-0.25, -0.2) is 0 Å². The average molecular weight is 536 g/mol. The van der Waals surface area contributed by atoms with E-state index in [0.29, 0.717) is 17.7 Å². The fraction of sp³-hybridized carbons (Fsp3) is 0.909. The molecule has 0 aromatic heterocycles. The topological polar surface area (TPSA) is 60.4 Å². The van der Waals surface area contributed by atoms with Crippen LogP contribution < -0.4 is 5.32 Å². The van der Waals surface area contributed by atoms with Crippen LogP contribution in [0.15, 0.2) is 4.99 Å². The summed E-state index contributed by atoms with van der Waals surface area (Å²) in [5.41, 5.74) is 0. The number of amides is 1. The van der Waals surface area contributed by atoms with Crippen molar-refractivity contribution in [2.75, 3.05) is 72.1 Å². The SMILES string of the molecule is CCNC(=NCCN1CCN(C(=O)C2CCCC2)CC1)N1CCC(COCC)C1.I. The number of rotatable bonds is 8. The van der Waals surface area contributed by atoms with E-state index in [2.05, 4.69) is 33.9 Å². The highest BCUT2D eigenvalue weighted by atomic mass is 127. The number of hydrogen-bond acceptors (Lipinski definition) is 4. The standard InChI is InChI=1S/C22H41N5O2.HI/c1-3-23-22(27-11-9-19(17-27)18-29-4-2)24-10-12-25-13-15-26(16-14-25)21(28)20-7-5-6-8-20;/h19-20H,3-18H2,1-2H3,(H,23,24);1H. The Morgan fingerprint density at radius 3 is 2.43 bits per heavy atom. The number of nitrogens with zero attached hydrogens (tertiary/aromatic N) is 4. The van der Waals surface area contributed by atoms with E-state index < -0.39 is 0 Å². The molecule has 0 bridgehead atoms. The van der Waals surface area contributed by atoms with Crippen molar-refractivity contribution in [2.45, 2.75) is 46.0 Å². The average Bonchev–Trinajstić information content (AvgIpc) is 3.44. The molecule has 2 saturated heterocycles. The first kappa shape index (κ1) is 25.6. The van der Waals surface area contributed by atoms with Gasteiger partial charge in [0.1, 0.15) is 0 Å². The maximum Gasteiger partial charge on any atom is 0.225 e. The van der Waals surface area contributed by atoms with Crippen molar-refractivity contribution in [3.63, 3.8) is 0 Å². The normalized spacial score (nSPS) is 23.7. The minimum absolute atomic E-state index is 0. The highest BCUT2D eigenvalue weighted by molar-refractivity contribution is 14.0. The molecule has 2 heterocycles. The molecule has 1 aliphatic carbocycles. The summed E-state index contributed by atoms with van der Waals surface area (Å²) in [7, 11) is 0. The molecule has 3 rings (SSSR count). The van der Waals surface area contributed by atoms with E-state index in [9.17, 15) is 4.79 Å². The lowest BCUT2D eigenvalue weighted by Gasteiger charge is -2.35. The van der Waals surface area contributed by atoms with E-state index >= 15 is 0 Å². The summed E-state index contributed by atoms with van der Waals surface area (Å²) in [5.74, 6) is 2.37. The van der Waals surface area contributed by atoms with Crippen LogP contribution in [0.25, 0.3) is 0 Å². The minimum Gasteiger partial charge on any atom is -0.381 e. The summed E-state index contributed by atoms with van der Waals surface area (Å²) in [6.45, 7) is 14.3. The van der Waals surface area contributed by atoms with Gasteiger partial charge in [-0.15, -0.1) is 24.0 Å². The van der Waals surface area contributed by atoms with Crippen LogP contribution in [0.2, 0.25) is 0 Å². The van der Waals surface area contributed by atoms with Gasteiger partial charge < -0.3 is 19.9 Å². The Kier molecular flexibility index (Phi) is 11.7. The van der Waals surface area contributed by atoms with Gasteiger partial charge in [0, 0.05) is 70.8 Å². The maximum atomic E-state index is 12.6. The molecular weight excluding hydrogens is 493 g/mol. The molecule has 0 spiro atoms. The van der Waals surface area contributed by atoms with E-state index in [4.69, 9.17) is 9.73 Å². The van der Waals surface area contributed by atoms with Gasteiger partial charge in [0.25, 0.3) is 0 Å². The van der Waals surface area contributed by atoms with Crippen LogP contribution in [0.4, 0.5) is 0 Å². The summed E-state index contributed by atoms with van der Waals surface area (Å²) in [5, 5.41) is 3.46. The number of aliphatic imine (C=N–C) groups is 1. The molecule has 1 atom stereocenters. The van der Waals surface area contributed by atoms with Gasteiger partial charge in [0.2, 0.25) is 5.91 Å². The van der Waals surface area contributed by atoms with Crippen molar-refractivity contribution in [3.8, 4) is 0 Å². The second kappa shape index (κ2) is 13.7. The van der Waals surface area contributed by atoms with Crippen molar-refractivity contribution in [1.82, 2.24) is 20.0 Å². The molecule has 0 radical (unpaired) electrons. The van der Waals surface area contributed by atoms with E-state index in [0.717, 1.165) is 90.9 Å². The third kappa shape index (κ3) is 7.51. The summed E-state index contributed by atoms with van der Waals surface area (Å²) < 4.78 is 5.60. The Balaban J connectivity index is 0.00000320. The highest BCUT2D eigenvalue weighted by Crippen LogP contribution is 2.26. The van der Waals surface area contributed by atoms with Crippen molar-refractivity contribution in [3.05, 3.63) is 0 Å². The summed E-state index contributed by atoms with van der Waals surface area (Å²) in [6.07, 6.45) is 5.84. The number of piperazine rings is 1. The molecular formula is C22H42IN5O2. The molecule has 8 heteroatoms. The largest absolute Gasteiger partial charge is 0.381 e. The highest BCUT2D eigenvalue weighted by Gasteiger charge is 2.29. The number of guanidine groups is 1. The van der Waals surface area contributed by atoms with Crippen molar-refractivity contribution >= 4 is 35.8 Å². The Labute approximate surface area is 200 Å². The van der Waals surface area contributed by atoms with E-state index in [1.807, 2.05) is 0 Å². The van der Waals surface area contributed by atoms with Crippen molar-refractivity contribution in [2.24, 2.45) is 16.8 Å². The first-order valence-corrected chi connectivity index (χ1v) is 11.8. The van der Waals surface area contributed by atoms with Gasteiger partial charge in [-0.05, 0) is 33.1 Å². The number of likely N-dealkylation sites (tertiary alicyclic amines) is 1. The molecule has 0 aromatic rings. The fourth-order valence-electron chi connectivity index (χ4n) is 4.79. The molecule has 1 unspecified atom stereocenters. The summed E-state index contributed by atoms with van der Waals surface area (Å²) in [6, 6.07) is 0. The number of hydrogen-bond donors (Lipinski definition) is 1. The molecule has 2 aliphatic heterocycles. The van der Waals surface area contributed by atoms with Gasteiger partial charge >= 0.3 is 0 Å². The molecule has 174 valence electrons. The Hall–Kier alpha value is -0.610. The van der Waals surface area contributed by atoms with Crippen LogP contribution >= 0.6 is 24.0 Å². The number of ether oxygens (including phenoxy) is 1. The first-order chi connectivity index (χ1) is 14.2. The minimum atomic E-state index is 0. The van der Waals surface area contributed by atoms with Crippen LogP contribution in [-0.2, 0) is 9.53 Å². The monoisotopic (exact) mass is 535 g/mol. The van der Waals surface area contributed by atoms with Crippen LogP contribution in [-0.4, -0.2) is 98.7 Å². The van der Waals surface area contributed by atoms with Gasteiger partial charge in [0.05, 0.1) is 13.2 Å². The molecule has 3 aliphatic rings. The summed E-state index contributed by atoms with van der Waals surface area (Å²) >= 11 is 0. The molecule has 1 saturated carbocycles. The molecule has 30 heavy (non-hydrogen) atoms. The number of nitrogens with one attached hydrogen (secondary N) is 1. The van der Waals surface area contributed by atoms with Crippen LogP contribution in [0.1, 0.15) is 46.0 Å². The van der Waals surface area contributed by atoms with E-state index in [1.165, 1.54) is 19.3 Å². The number of halogens is 1. The lowest BCUT2D eigenvalue weighted by molar-refractivity contribution is -0.137. The molecule has 0 aromatic carbocycles. The van der Waals surface area contributed by atoms with Gasteiger partial charge in [-0.1, -0.05) is 12.8 Å². The third-order valence-corrected chi connectivity index (χ3v) is 6.54. The van der Waals surface area contributed by atoms with E-state index in [-0.39, 0.29) is 24.0 Å².